The Bertz CT molecular complexity index is 1150. The molecule has 0 bridgehead atoms. The van der Waals surface area contributed by atoms with Gasteiger partial charge in [-0.15, -0.1) is 0 Å². The SMILES string of the molecule is O=C(Nc1nn(Cc2ccc(C(F)(F)F)cc2)c2ccccc12)c1ccccn1. The van der Waals surface area contributed by atoms with Crippen LogP contribution < -0.4 is 5.32 Å². The first kappa shape index (κ1) is 18.7. The molecule has 0 aliphatic heterocycles. The topological polar surface area (TPSA) is 59.8 Å². The normalized spacial score (nSPS) is 11.6. The van der Waals surface area contributed by atoms with Crippen molar-refractivity contribution in [1.82, 2.24) is 14.8 Å². The number of halogens is 3. The van der Waals surface area contributed by atoms with Crippen LogP contribution in [0, 0.1) is 0 Å². The number of hydrogen-bond donors (Lipinski definition) is 1. The molecule has 4 rings (SSSR count). The summed E-state index contributed by atoms with van der Waals surface area (Å²) in [6.07, 6.45) is -2.85. The number of anilines is 1. The van der Waals surface area contributed by atoms with Crippen LogP contribution in [0.2, 0.25) is 0 Å². The number of benzene rings is 2. The molecule has 8 heteroatoms. The number of rotatable bonds is 4. The number of carbonyl (C=O) groups excluding carboxylic acids is 1. The van der Waals surface area contributed by atoms with Gasteiger partial charge in [0.2, 0.25) is 0 Å². The lowest BCUT2D eigenvalue weighted by atomic mass is 10.1. The Labute approximate surface area is 163 Å². The highest BCUT2D eigenvalue weighted by atomic mass is 19.4. The zero-order valence-corrected chi connectivity index (χ0v) is 15.0. The van der Waals surface area contributed by atoms with Crippen LogP contribution in [0.5, 0.6) is 0 Å². The summed E-state index contributed by atoms with van der Waals surface area (Å²) in [7, 11) is 0. The predicted octanol–water partition coefficient (Wildman–Crippen LogP) is 4.75. The molecule has 2 aromatic carbocycles. The van der Waals surface area contributed by atoms with Gasteiger partial charge in [0.15, 0.2) is 5.82 Å². The Hall–Kier alpha value is -3.68. The summed E-state index contributed by atoms with van der Waals surface area (Å²) in [5, 5.41) is 7.94. The maximum atomic E-state index is 12.8. The van der Waals surface area contributed by atoms with Gasteiger partial charge in [0.25, 0.3) is 5.91 Å². The fourth-order valence-electron chi connectivity index (χ4n) is 2.98. The molecular weight excluding hydrogens is 381 g/mol. The third-order valence-corrected chi connectivity index (χ3v) is 4.40. The lowest BCUT2D eigenvalue weighted by Crippen LogP contribution is -2.14. The third kappa shape index (κ3) is 3.96. The molecule has 1 amide bonds. The van der Waals surface area contributed by atoms with Crippen molar-refractivity contribution < 1.29 is 18.0 Å². The lowest BCUT2D eigenvalue weighted by molar-refractivity contribution is -0.137. The molecule has 0 atom stereocenters. The van der Waals surface area contributed by atoms with E-state index < -0.39 is 17.6 Å². The number of alkyl halides is 3. The minimum Gasteiger partial charge on any atom is -0.303 e. The smallest absolute Gasteiger partial charge is 0.303 e. The molecule has 0 aliphatic rings. The predicted molar refractivity (Wildman–Crippen MR) is 102 cm³/mol. The highest BCUT2D eigenvalue weighted by Crippen LogP contribution is 2.29. The zero-order chi connectivity index (χ0) is 20.4. The molecule has 146 valence electrons. The van der Waals surface area contributed by atoms with E-state index >= 15 is 0 Å². The van der Waals surface area contributed by atoms with Crippen molar-refractivity contribution in [3.63, 3.8) is 0 Å². The molecule has 4 aromatic rings. The molecular formula is C21H15F3N4O. The highest BCUT2D eigenvalue weighted by molar-refractivity contribution is 6.06. The summed E-state index contributed by atoms with van der Waals surface area (Å²) in [4.78, 5) is 16.4. The number of pyridine rings is 1. The standard InChI is InChI=1S/C21H15F3N4O/c22-21(23,24)15-10-8-14(9-11-15)13-28-18-7-2-1-5-16(18)19(27-28)26-20(29)17-6-3-4-12-25-17/h1-12H,13H2,(H,26,27,29). The van der Waals surface area contributed by atoms with Gasteiger partial charge >= 0.3 is 6.18 Å². The van der Waals surface area contributed by atoms with Crippen molar-refractivity contribution in [1.29, 1.82) is 0 Å². The van der Waals surface area contributed by atoms with Crippen molar-refractivity contribution in [3.8, 4) is 0 Å². The van der Waals surface area contributed by atoms with E-state index in [1.165, 1.54) is 18.3 Å². The number of nitrogens with one attached hydrogen (secondary N) is 1. The summed E-state index contributed by atoms with van der Waals surface area (Å²) in [5.41, 5.74) is 0.973. The first-order valence-electron chi connectivity index (χ1n) is 8.76. The molecule has 5 nitrogen and oxygen atoms in total. The van der Waals surface area contributed by atoms with Gasteiger partial charge in [0.05, 0.1) is 17.6 Å². The number of carbonyl (C=O) groups is 1. The van der Waals surface area contributed by atoms with Crippen molar-refractivity contribution in [2.75, 3.05) is 5.32 Å². The summed E-state index contributed by atoms with van der Waals surface area (Å²) in [6.45, 7) is 0.262. The van der Waals surface area contributed by atoms with Crippen LogP contribution >= 0.6 is 0 Å². The molecule has 0 unspecified atom stereocenters. The van der Waals surface area contributed by atoms with Gasteiger partial charge in [0.1, 0.15) is 5.69 Å². The van der Waals surface area contributed by atoms with Gasteiger partial charge in [-0.25, -0.2) is 0 Å². The Kier molecular flexibility index (Phi) is 4.75. The van der Waals surface area contributed by atoms with Gasteiger partial charge in [-0.05, 0) is 42.0 Å². The van der Waals surface area contributed by atoms with Gasteiger partial charge < -0.3 is 5.32 Å². The molecule has 0 saturated heterocycles. The van der Waals surface area contributed by atoms with Crippen LogP contribution in [-0.2, 0) is 12.7 Å². The Morgan fingerprint density at radius 2 is 1.69 bits per heavy atom. The summed E-state index contributed by atoms with van der Waals surface area (Å²) in [6, 6.07) is 17.3. The fraction of sp³-hybridized carbons (Fsp3) is 0.0952. The highest BCUT2D eigenvalue weighted by Gasteiger charge is 2.30. The van der Waals surface area contributed by atoms with E-state index in [-0.39, 0.29) is 12.2 Å². The number of para-hydroxylation sites is 1. The maximum absolute atomic E-state index is 12.8. The first-order chi connectivity index (χ1) is 13.9. The Morgan fingerprint density at radius 1 is 0.966 bits per heavy atom. The monoisotopic (exact) mass is 396 g/mol. The molecule has 0 saturated carbocycles. The third-order valence-electron chi connectivity index (χ3n) is 4.40. The second-order valence-corrected chi connectivity index (χ2v) is 6.39. The first-order valence-corrected chi connectivity index (χ1v) is 8.76. The number of aromatic nitrogens is 3. The minimum atomic E-state index is -4.38. The van der Waals surface area contributed by atoms with Crippen molar-refractivity contribution in [2.24, 2.45) is 0 Å². The molecule has 0 spiro atoms. The molecule has 0 fully saturated rings. The van der Waals surface area contributed by atoms with Gasteiger partial charge in [0, 0.05) is 11.6 Å². The largest absolute Gasteiger partial charge is 0.416 e. The van der Waals surface area contributed by atoms with Gasteiger partial charge in [-0.1, -0.05) is 30.3 Å². The van der Waals surface area contributed by atoms with E-state index in [0.29, 0.717) is 11.4 Å². The fourth-order valence-corrected chi connectivity index (χ4v) is 2.98. The quantitative estimate of drug-likeness (QED) is 0.542. The lowest BCUT2D eigenvalue weighted by Gasteiger charge is -2.08. The molecule has 0 radical (unpaired) electrons. The van der Waals surface area contributed by atoms with Crippen LogP contribution in [0.25, 0.3) is 10.9 Å². The second-order valence-electron chi connectivity index (χ2n) is 6.39. The summed E-state index contributed by atoms with van der Waals surface area (Å²) >= 11 is 0. The van der Waals surface area contributed by atoms with Crippen molar-refractivity contribution >= 4 is 22.6 Å². The maximum Gasteiger partial charge on any atom is 0.416 e. The van der Waals surface area contributed by atoms with E-state index in [4.69, 9.17) is 0 Å². The zero-order valence-electron chi connectivity index (χ0n) is 15.0. The Balaban J connectivity index is 1.63. The summed E-state index contributed by atoms with van der Waals surface area (Å²) in [5.74, 6) is -0.0290. The van der Waals surface area contributed by atoms with Crippen LogP contribution in [-0.4, -0.2) is 20.7 Å². The molecule has 2 aromatic heterocycles. The van der Waals surface area contributed by atoms with E-state index in [0.717, 1.165) is 23.0 Å². The van der Waals surface area contributed by atoms with E-state index in [1.807, 2.05) is 24.3 Å². The van der Waals surface area contributed by atoms with Crippen LogP contribution in [0.1, 0.15) is 21.6 Å². The molecule has 29 heavy (non-hydrogen) atoms. The van der Waals surface area contributed by atoms with Crippen LogP contribution in [0.15, 0.2) is 72.9 Å². The van der Waals surface area contributed by atoms with Gasteiger partial charge in [-0.2, -0.15) is 18.3 Å². The molecule has 1 N–H and O–H groups in total. The number of amides is 1. The molecule has 2 heterocycles. The average molecular weight is 396 g/mol. The minimum absolute atomic E-state index is 0.258. The molecule has 0 aliphatic carbocycles. The van der Waals surface area contributed by atoms with Gasteiger partial charge in [-0.3, -0.25) is 14.5 Å². The number of hydrogen-bond acceptors (Lipinski definition) is 3. The number of fused-ring (bicyclic) bond motifs is 1. The second kappa shape index (κ2) is 7.38. The van der Waals surface area contributed by atoms with Crippen molar-refractivity contribution in [3.05, 3.63) is 89.7 Å². The van der Waals surface area contributed by atoms with E-state index in [9.17, 15) is 18.0 Å². The Morgan fingerprint density at radius 3 is 2.38 bits per heavy atom. The van der Waals surface area contributed by atoms with Crippen LogP contribution in [0.4, 0.5) is 19.0 Å². The van der Waals surface area contributed by atoms with Crippen molar-refractivity contribution in [2.45, 2.75) is 12.7 Å². The van der Waals surface area contributed by atoms with E-state index in [2.05, 4.69) is 15.4 Å². The summed E-state index contributed by atoms with van der Waals surface area (Å²) < 4.78 is 39.9. The van der Waals surface area contributed by atoms with Crippen LogP contribution in [0.3, 0.4) is 0 Å². The average Bonchev–Trinajstić information content (AvgIpc) is 3.06. The van der Waals surface area contributed by atoms with E-state index in [1.54, 1.807) is 22.9 Å². The number of nitrogens with zero attached hydrogens (tertiary/aromatic N) is 3.